The maximum atomic E-state index is 12.3. The number of rotatable bonds is 5. The summed E-state index contributed by atoms with van der Waals surface area (Å²) in [6.07, 6.45) is 5.96. The number of alkyl halides is 1. The second-order valence-corrected chi connectivity index (χ2v) is 5.29. The first kappa shape index (κ1) is 15.3. The van der Waals surface area contributed by atoms with Crippen LogP contribution in [0.1, 0.15) is 38.5 Å². The molecular formula is C15H17FN4O3. The van der Waals surface area contributed by atoms with E-state index in [1.807, 2.05) is 0 Å². The summed E-state index contributed by atoms with van der Waals surface area (Å²) in [6, 6.07) is 0. The molecule has 3 heterocycles. The number of carbonyl (C=O) groups excluding carboxylic acids is 2. The molecule has 0 aromatic carbocycles. The van der Waals surface area contributed by atoms with Crippen LogP contribution in [0.2, 0.25) is 0 Å². The summed E-state index contributed by atoms with van der Waals surface area (Å²) in [5, 5.41) is 9.45. The van der Waals surface area contributed by atoms with E-state index in [-0.39, 0.29) is 30.5 Å². The SMILES string of the molecule is O=C(NCc1cnn(CCF)c1)c1coc2c1C(=O)NCCC2. The Bertz CT molecular complexity index is 722. The van der Waals surface area contributed by atoms with E-state index >= 15 is 0 Å². The van der Waals surface area contributed by atoms with Gasteiger partial charge in [-0.25, -0.2) is 4.39 Å². The van der Waals surface area contributed by atoms with Gasteiger partial charge in [0.15, 0.2) is 0 Å². The molecule has 23 heavy (non-hydrogen) atoms. The van der Waals surface area contributed by atoms with Gasteiger partial charge in [-0.1, -0.05) is 0 Å². The minimum atomic E-state index is -0.496. The van der Waals surface area contributed by atoms with Crippen LogP contribution < -0.4 is 10.6 Å². The van der Waals surface area contributed by atoms with Gasteiger partial charge in [0.1, 0.15) is 18.7 Å². The number of hydrogen-bond donors (Lipinski definition) is 2. The van der Waals surface area contributed by atoms with Gasteiger partial charge in [0.25, 0.3) is 11.8 Å². The first-order valence-electron chi connectivity index (χ1n) is 7.43. The van der Waals surface area contributed by atoms with Gasteiger partial charge in [-0.05, 0) is 6.42 Å². The lowest BCUT2D eigenvalue weighted by Crippen LogP contribution is -2.28. The third-order valence-corrected chi connectivity index (χ3v) is 3.66. The normalized spacial score (nSPS) is 14.0. The molecule has 122 valence electrons. The van der Waals surface area contributed by atoms with Crippen molar-refractivity contribution in [1.29, 1.82) is 0 Å². The molecule has 7 nitrogen and oxygen atoms in total. The third-order valence-electron chi connectivity index (χ3n) is 3.66. The van der Waals surface area contributed by atoms with Crippen molar-refractivity contribution in [2.24, 2.45) is 0 Å². The van der Waals surface area contributed by atoms with Crippen LogP contribution in [0.3, 0.4) is 0 Å². The van der Waals surface area contributed by atoms with Crippen LogP contribution in [0.25, 0.3) is 0 Å². The van der Waals surface area contributed by atoms with Crippen molar-refractivity contribution in [3.05, 3.63) is 41.1 Å². The molecule has 2 aromatic heterocycles. The van der Waals surface area contributed by atoms with Crippen LogP contribution in [0.5, 0.6) is 0 Å². The highest BCUT2D eigenvalue weighted by Crippen LogP contribution is 2.21. The molecule has 0 radical (unpaired) electrons. The molecule has 2 amide bonds. The lowest BCUT2D eigenvalue weighted by atomic mass is 10.1. The Labute approximate surface area is 131 Å². The number of hydrogen-bond acceptors (Lipinski definition) is 4. The second-order valence-electron chi connectivity index (χ2n) is 5.29. The van der Waals surface area contributed by atoms with Gasteiger partial charge in [0.05, 0.1) is 23.9 Å². The number of nitrogens with one attached hydrogen (secondary N) is 2. The van der Waals surface area contributed by atoms with Crippen LogP contribution in [-0.4, -0.2) is 34.8 Å². The first-order chi connectivity index (χ1) is 11.2. The first-order valence-corrected chi connectivity index (χ1v) is 7.43. The Morgan fingerprint density at radius 2 is 2.39 bits per heavy atom. The number of nitrogens with zero attached hydrogens (tertiary/aromatic N) is 2. The zero-order valence-corrected chi connectivity index (χ0v) is 12.5. The topological polar surface area (TPSA) is 89.2 Å². The average molecular weight is 320 g/mol. The Balaban J connectivity index is 1.69. The summed E-state index contributed by atoms with van der Waals surface area (Å²) in [4.78, 5) is 24.3. The van der Waals surface area contributed by atoms with Crippen molar-refractivity contribution in [2.45, 2.75) is 25.9 Å². The highest BCUT2D eigenvalue weighted by Gasteiger charge is 2.26. The Hall–Kier alpha value is -2.64. The van der Waals surface area contributed by atoms with E-state index in [9.17, 15) is 14.0 Å². The predicted octanol–water partition coefficient (Wildman–Crippen LogP) is 1.05. The summed E-state index contributed by atoms with van der Waals surface area (Å²) in [5.41, 5.74) is 1.30. The van der Waals surface area contributed by atoms with E-state index in [4.69, 9.17) is 4.42 Å². The number of fused-ring (bicyclic) bond motifs is 1. The van der Waals surface area contributed by atoms with E-state index in [2.05, 4.69) is 15.7 Å². The van der Waals surface area contributed by atoms with Crippen molar-refractivity contribution in [3.63, 3.8) is 0 Å². The molecule has 0 atom stereocenters. The minimum Gasteiger partial charge on any atom is -0.468 e. The second kappa shape index (κ2) is 6.64. The van der Waals surface area contributed by atoms with Crippen LogP contribution in [0, 0.1) is 0 Å². The lowest BCUT2D eigenvalue weighted by Gasteiger charge is -2.04. The fourth-order valence-electron chi connectivity index (χ4n) is 2.52. The van der Waals surface area contributed by atoms with Gasteiger partial charge in [-0.2, -0.15) is 5.10 Å². The summed E-state index contributed by atoms with van der Waals surface area (Å²) in [6.45, 7) is 0.498. The standard InChI is InChI=1S/C15H17FN4O3/c16-3-5-20-8-10(7-19-20)6-18-14(21)11-9-23-12-2-1-4-17-15(22)13(11)12/h7-9H,1-6H2,(H,17,22)(H,18,21). The van der Waals surface area contributed by atoms with E-state index in [1.165, 1.54) is 10.9 Å². The number of amides is 2. The summed E-state index contributed by atoms with van der Waals surface area (Å²) >= 11 is 0. The summed E-state index contributed by atoms with van der Waals surface area (Å²) < 4.78 is 19.1. The quantitative estimate of drug-likeness (QED) is 0.862. The van der Waals surface area contributed by atoms with Gasteiger partial charge in [0.2, 0.25) is 0 Å². The third kappa shape index (κ3) is 3.25. The van der Waals surface area contributed by atoms with E-state index in [0.29, 0.717) is 24.3 Å². The Morgan fingerprint density at radius 3 is 3.22 bits per heavy atom. The molecule has 1 aliphatic rings. The molecule has 8 heteroatoms. The van der Waals surface area contributed by atoms with Crippen molar-refractivity contribution in [3.8, 4) is 0 Å². The summed E-state index contributed by atoms with van der Waals surface area (Å²) in [5.74, 6) is -0.127. The van der Waals surface area contributed by atoms with Gasteiger partial charge < -0.3 is 15.1 Å². The van der Waals surface area contributed by atoms with Crippen molar-refractivity contribution < 1.29 is 18.4 Å². The molecule has 1 aliphatic heterocycles. The van der Waals surface area contributed by atoms with Gasteiger partial charge in [0, 0.05) is 31.3 Å². The van der Waals surface area contributed by atoms with Crippen LogP contribution >= 0.6 is 0 Å². The van der Waals surface area contributed by atoms with Gasteiger partial charge >= 0.3 is 0 Å². The Morgan fingerprint density at radius 1 is 1.52 bits per heavy atom. The molecule has 0 bridgehead atoms. The molecule has 0 spiro atoms. The maximum Gasteiger partial charge on any atom is 0.255 e. The van der Waals surface area contributed by atoms with Crippen LogP contribution in [-0.2, 0) is 19.5 Å². The number of aromatic nitrogens is 2. The molecule has 0 aliphatic carbocycles. The van der Waals surface area contributed by atoms with E-state index < -0.39 is 6.67 Å². The Kier molecular flexibility index (Phi) is 4.40. The zero-order valence-electron chi connectivity index (χ0n) is 12.5. The zero-order chi connectivity index (χ0) is 16.2. The summed E-state index contributed by atoms with van der Waals surface area (Å²) in [7, 11) is 0. The fourth-order valence-corrected chi connectivity index (χ4v) is 2.52. The highest BCUT2D eigenvalue weighted by atomic mass is 19.1. The number of halogens is 1. The molecule has 2 N–H and O–H groups in total. The lowest BCUT2D eigenvalue weighted by molar-refractivity contribution is 0.0920. The molecule has 3 rings (SSSR count). The van der Waals surface area contributed by atoms with Crippen LogP contribution in [0.4, 0.5) is 4.39 Å². The van der Waals surface area contributed by atoms with Gasteiger partial charge in [-0.15, -0.1) is 0 Å². The molecule has 0 unspecified atom stereocenters. The monoisotopic (exact) mass is 320 g/mol. The molecule has 0 saturated carbocycles. The van der Waals surface area contributed by atoms with Crippen LogP contribution in [0.15, 0.2) is 23.1 Å². The largest absolute Gasteiger partial charge is 0.468 e. The number of furan rings is 1. The molecule has 0 fully saturated rings. The van der Waals surface area contributed by atoms with Gasteiger partial charge in [-0.3, -0.25) is 14.3 Å². The van der Waals surface area contributed by atoms with Crippen molar-refractivity contribution in [2.75, 3.05) is 13.2 Å². The van der Waals surface area contributed by atoms with E-state index in [1.54, 1.807) is 12.4 Å². The minimum absolute atomic E-state index is 0.184. The van der Waals surface area contributed by atoms with Crippen molar-refractivity contribution >= 4 is 11.8 Å². The predicted molar refractivity (Wildman–Crippen MR) is 78.7 cm³/mol. The maximum absolute atomic E-state index is 12.3. The average Bonchev–Trinajstić information content (AvgIpc) is 3.12. The molecule has 0 saturated heterocycles. The van der Waals surface area contributed by atoms with Crippen molar-refractivity contribution in [1.82, 2.24) is 20.4 Å². The number of carbonyl (C=O) groups is 2. The highest BCUT2D eigenvalue weighted by molar-refractivity contribution is 6.07. The fraction of sp³-hybridized carbons (Fsp3) is 0.400. The molecular weight excluding hydrogens is 303 g/mol. The smallest absolute Gasteiger partial charge is 0.255 e. The van der Waals surface area contributed by atoms with E-state index in [0.717, 1.165) is 12.0 Å². The molecule has 2 aromatic rings. The number of aryl methyl sites for hydroxylation is 2.